The number of hydrogen-bond donors (Lipinski definition) is 1. The molecular formula is C22H27N5O4S2. The van der Waals surface area contributed by atoms with Crippen LogP contribution >= 0.6 is 11.3 Å². The SMILES string of the molecule is CCc1ccc(NC(=O)Cn2nc(C3CCCN(S(C)(=O)=O)C3)n(-c3cccs3)c2=O)cc1. The second-order valence-corrected chi connectivity index (χ2v) is 11.1. The van der Waals surface area contributed by atoms with Crippen LogP contribution in [0.4, 0.5) is 5.69 Å². The highest BCUT2D eigenvalue weighted by molar-refractivity contribution is 7.88. The van der Waals surface area contributed by atoms with Crippen molar-refractivity contribution in [3.63, 3.8) is 0 Å². The lowest BCUT2D eigenvalue weighted by Gasteiger charge is -2.30. The summed E-state index contributed by atoms with van der Waals surface area (Å²) < 4.78 is 28.3. The standard InChI is InChI=1S/C22H27N5O4S2/c1-3-16-8-10-18(11-9-16)23-19(28)15-26-22(29)27(20-7-5-13-32-20)21(24-26)17-6-4-12-25(14-17)33(2,30)31/h5,7-11,13,17H,3-4,6,12,14-15H2,1-2H3,(H,23,28). The zero-order chi connectivity index (χ0) is 23.6. The normalized spacial score (nSPS) is 17.2. The first-order valence-electron chi connectivity index (χ1n) is 10.8. The molecule has 1 aliphatic rings. The molecule has 0 radical (unpaired) electrons. The summed E-state index contributed by atoms with van der Waals surface area (Å²) in [6.07, 6.45) is 3.49. The van der Waals surface area contributed by atoms with Gasteiger partial charge in [0.05, 0.1) is 6.26 Å². The Hall–Kier alpha value is -2.76. The predicted molar refractivity (Wildman–Crippen MR) is 129 cm³/mol. The quantitative estimate of drug-likeness (QED) is 0.549. The summed E-state index contributed by atoms with van der Waals surface area (Å²) in [6, 6.07) is 11.2. The van der Waals surface area contributed by atoms with E-state index in [-0.39, 0.29) is 24.9 Å². The van der Waals surface area contributed by atoms with Gasteiger partial charge in [-0.05, 0) is 54.5 Å². The van der Waals surface area contributed by atoms with Crippen molar-refractivity contribution in [1.82, 2.24) is 18.7 Å². The highest BCUT2D eigenvalue weighted by atomic mass is 32.2. The first kappa shape index (κ1) is 23.4. The zero-order valence-electron chi connectivity index (χ0n) is 18.6. The summed E-state index contributed by atoms with van der Waals surface area (Å²) in [5.41, 5.74) is 1.40. The Bertz CT molecular complexity index is 1280. The van der Waals surface area contributed by atoms with Gasteiger partial charge in [0.15, 0.2) is 0 Å². The van der Waals surface area contributed by atoms with Crippen molar-refractivity contribution in [3.8, 4) is 5.00 Å². The minimum Gasteiger partial charge on any atom is -0.324 e. The fourth-order valence-corrected chi connectivity index (χ4v) is 5.65. The molecule has 0 bridgehead atoms. The third kappa shape index (κ3) is 5.26. The number of rotatable bonds is 7. The van der Waals surface area contributed by atoms with E-state index >= 15 is 0 Å². The van der Waals surface area contributed by atoms with Crippen molar-refractivity contribution in [3.05, 3.63) is 63.7 Å². The predicted octanol–water partition coefficient (Wildman–Crippen LogP) is 2.44. The van der Waals surface area contributed by atoms with Gasteiger partial charge < -0.3 is 5.32 Å². The minimum absolute atomic E-state index is 0.234. The monoisotopic (exact) mass is 489 g/mol. The van der Waals surface area contributed by atoms with E-state index in [9.17, 15) is 18.0 Å². The van der Waals surface area contributed by atoms with Crippen LogP contribution in [-0.4, -0.2) is 52.3 Å². The van der Waals surface area contributed by atoms with E-state index in [1.165, 1.54) is 32.0 Å². The van der Waals surface area contributed by atoms with Crippen LogP contribution in [0.5, 0.6) is 0 Å². The van der Waals surface area contributed by atoms with Crippen molar-refractivity contribution < 1.29 is 13.2 Å². The molecule has 0 aliphatic carbocycles. The van der Waals surface area contributed by atoms with Gasteiger partial charge in [-0.15, -0.1) is 11.3 Å². The first-order valence-corrected chi connectivity index (χ1v) is 13.6. The average molecular weight is 490 g/mol. The van der Waals surface area contributed by atoms with Crippen LogP contribution in [-0.2, 0) is 27.8 Å². The molecule has 176 valence electrons. The number of piperidine rings is 1. The van der Waals surface area contributed by atoms with Crippen molar-refractivity contribution >= 4 is 33.0 Å². The molecule has 4 rings (SSSR count). The molecule has 3 aromatic rings. The number of amides is 1. The molecule has 1 N–H and O–H groups in total. The van der Waals surface area contributed by atoms with E-state index in [4.69, 9.17) is 0 Å². The van der Waals surface area contributed by atoms with Crippen molar-refractivity contribution in [1.29, 1.82) is 0 Å². The zero-order valence-corrected chi connectivity index (χ0v) is 20.2. The van der Waals surface area contributed by atoms with Crippen molar-refractivity contribution in [2.45, 2.75) is 38.6 Å². The van der Waals surface area contributed by atoms with Crippen LogP contribution in [0, 0.1) is 0 Å². The van der Waals surface area contributed by atoms with Gasteiger partial charge in [-0.1, -0.05) is 19.1 Å². The van der Waals surface area contributed by atoms with E-state index in [1.54, 1.807) is 0 Å². The molecule has 1 atom stereocenters. The highest BCUT2D eigenvalue weighted by Crippen LogP contribution is 2.28. The molecule has 3 heterocycles. The summed E-state index contributed by atoms with van der Waals surface area (Å²) in [5, 5.41) is 9.86. The summed E-state index contributed by atoms with van der Waals surface area (Å²) >= 11 is 1.39. The number of nitrogens with zero attached hydrogens (tertiary/aromatic N) is 4. The number of hydrogen-bond acceptors (Lipinski definition) is 6. The molecule has 1 aromatic carbocycles. The number of benzene rings is 1. The Balaban J connectivity index is 1.61. The number of aromatic nitrogens is 3. The number of nitrogens with one attached hydrogen (secondary N) is 1. The molecule has 0 spiro atoms. The second-order valence-electron chi connectivity index (χ2n) is 8.14. The average Bonchev–Trinajstić information content (AvgIpc) is 3.42. The summed E-state index contributed by atoms with van der Waals surface area (Å²) in [6.45, 7) is 2.54. The molecule has 2 aromatic heterocycles. The van der Waals surface area contributed by atoms with Crippen LogP contribution in [0.1, 0.15) is 37.1 Å². The molecule has 1 aliphatic heterocycles. The molecule has 1 saturated heterocycles. The lowest BCUT2D eigenvalue weighted by Crippen LogP contribution is -2.39. The maximum atomic E-state index is 13.2. The fraction of sp³-hybridized carbons (Fsp3) is 0.409. The van der Waals surface area contributed by atoms with Gasteiger partial charge in [0.2, 0.25) is 15.9 Å². The van der Waals surface area contributed by atoms with E-state index in [0.717, 1.165) is 11.1 Å². The van der Waals surface area contributed by atoms with Crippen LogP contribution in [0.15, 0.2) is 46.6 Å². The van der Waals surface area contributed by atoms with E-state index in [1.807, 2.05) is 41.8 Å². The Kier molecular flexibility index (Phi) is 6.82. The molecule has 11 heteroatoms. The number of carbonyl (C=O) groups is 1. The highest BCUT2D eigenvalue weighted by Gasteiger charge is 2.32. The topological polar surface area (TPSA) is 106 Å². The molecular weight excluding hydrogens is 462 g/mol. The van der Waals surface area contributed by atoms with Gasteiger partial charge in [0.25, 0.3) is 0 Å². The number of carbonyl (C=O) groups excluding carboxylic acids is 1. The third-order valence-corrected chi connectivity index (χ3v) is 7.87. The second kappa shape index (κ2) is 9.62. The summed E-state index contributed by atoms with van der Waals surface area (Å²) in [5.74, 6) is -0.116. The molecule has 33 heavy (non-hydrogen) atoms. The fourth-order valence-electron chi connectivity index (χ4n) is 4.01. The molecule has 0 saturated carbocycles. The molecule has 9 nitrogen and oxygen atoms in total. The lowest BCUT2D eigenvalue weighted by molar-refractivity contribution is -0.117. The smallest absolute Gasteiger partial charge is 0.324 e. The van der Waals surface area contributed by atoms with E-state index in [0.29, 0.717) is 35.9 Å². The van der Waals surface area contributed by atoms with E-state index in [2.05, 4.69) is 17.3 Å². The number of thiophene rings is 1. The summed E-state index contributed by atoms with van der Waals surface area (Å²) in [4.78, 5) is 25.9. The maximum Gasteiger partial charge on any atom is 0.351 e. The van der Waals surface area contributed by atoms with Crippen LogP contribution in [0.25, 0.3) is 5.00 Å². The van der Waals surface area contributed by atoms with Crippen LogP contribution in [0.2, 0.25) is 0 Å². The van der Waals surface area contributed by atoms with Gasteiger partial charge >= 0.3 is 5.69 Å². The first-order chi connectivity index (χ1) is 15.8. The van der Waals surface area contributed by atoms with Crippen LogP contribution in [0.3, 0.4) is 0 Å². The third-order valence-electron chi connectivity index (χ3n) is 5.75. The van der Waals surface area contributed by atoms with Crippen molar-refractivity contribution in [2.24, 2.45) is 0 Å². The maximum absolute atomic E-state index is 13.2. The van der Waals surface area contributed by atoms with Gasteiger partial charge in [-0.2, -0.15) is 5.10 Å². The Labute approximate surface area is 196 Å². The van der Waals surface area contributed by atoms with Gasteiger partial charge in [-0.25, -0.2) is 26.8 Å². The number of aryl methyl sites for hydroxylation is 1. The Morgan fingerprint density at radius 2 is 2.00 bits per heavy atom. The largest absolute Gasteiger partial charge is 0.351 e. The Morgan fingerprint density at radius 3 is 2.64 bits per heavy atom. The van der Waals surface area contributed by atoms with Gasteiger partial charge in [0.1, 0.15) is 17.4 Å². The summed E-state index contributed by atoms with van der Waals surface area (Å²) in [7, 11) is -3.35. The van der Waals surface area contributed by atoms with Crippen LogP contribution < -0.4 is 11.0 Å². The molecule has 1 fully saturated rings. The minimum atomic E-state index is -3.35. The van der Waals surface area contributed by atoms with Gasteiger partial charge in [-0.3, -0.25) is 4.79 Å². The lowest BCUT2D eigenvalue weighted by atomic mass is 9.99. The Morgan fingerprint density at radius 1 is 1.24 bits per heavy atom. The van der Waals surface area contributed by atoms with E-state index < -0.39 is 15.7 Å². The number of sulfonamides is 1. The number of anilines is 1. The van der Waals surface area contributed by atoms with Gasteiger partial charge in [0, 0.05) is 24.7 Å². The molecule has 1 unspecified atom stereocenters. The van der Waals surface area contributed by atoms with Crippen molar-refractivity contribution in [2.75, 3.05) is 24.7 Å². The molecule has 1 amide bonds.